The Balaban J connectivity index is 1.87. The molecule has 0 bridgehead atoms. The van der Waals surface area contributed by atoms with Gasteiger partial charge in [-0.15, -0.1) is 22.9 Å². The number of nitrogens with zero attached hydrogens (tertiary/aromatic N) is 1. The molecule has 1 heterocycles. The number of allylic oxidation sites excluding steroid dienone is 2. The summed E-state index contributed by atoms with van der Waals surface area (Å²) in [4.78, 5) is 4.64. The summed E-state index contributed by atoms with van der Waals surface area (Å²) in [6.07, 6.45) is 5.38. The number of thiazole rings is 1. The molecular formula is C13H12ClNS. The van der Waals surface area contributed by atoms with Gasteiger partial charge in [0.2, 0.25) is 0 Å². The first kappa shape index (κ1) is 10.3. The Morgan fingerprint density at radius 1 is 1.38 bits per heavy atom. The van der Waals surface area contributed by atoms with Gasteiger partial charge in [0.05, 0.1) is 20.6 Å². The van der Waals surface area contributed by atoms with Crippen molar-refractivity contribution in [2.45, 2.75) is 24.6 Å². The average molecular weight is 250 g/mol. The molecule has 0 amide bonds. The lowest BCUT2D eigenvalue weighted by molar-refractivity contribution is 0.890. The van der Waals surface area contributed by atoms with Crippen LogP contribution in [-0.2, 0) is 6.42 Å². The van der Waals surface area contributed by atoms with E-state index >= 15 is 0 Å². The van der Waals surface area contributed by atoms with Gasteiger partial charge in [-0.3, -0.25) is 0 Å². The molecule has 82 valence electrons. The minimum absolute atomic E-state index is 0.240. The predicted octanol–water partition coefficient (Wildman–Crippen LogP) is 4.17. The normalized spacial score (nSPS) is 20.3. The lowest BCUT2D eigenvalue weighted by Crippen LogP contribution is -1.85. The summed E-state index contributed by atoms with van der Waals surface area (Å²) in [5.41, 5.74) is 2.56. The minimum atomic E-state index is 0.240. The second-order valence-corrected chi connectivity index (χ2v) is 5.81. The van der Waals surface area contributed by atoms with Gasteiger partial charge in [-0.2, -0.15) is 0 Å². The Hall–Kier alpha value is -0.860. The van der Waals surface area contributed by atoms with Gasteiger partial charge in [0.25, 0.3) is 0 Å². The molecule has 1 aromatic heterocycles. The van der Waals surface area contributed by atoms with Crippen molar-refractivity contribution in [3.05, 3.63) is 40.9 Å². The van der Waals surface area contributed by atoms with E-state index in [0.717, 1.165) is 24.8 Å². The first-order valence-electron chi connectivity index (χ1n) is 5.49. The zero-order valence-electron chi connectivity index (χ0n) is 8.82. The van der Waals surface area contributed by atoms with Gasteiger partial charge < -0.3 is 0 Å². The molecule has 16 heavy (non-hydrogen) atoms. The fraction of sp³-hybridized carbons (Fsp3) is 0.308. The fourth-order valence-corrected chi connectivity index (χ4v) is 3.39. The van der Waals surface area contributed by atoms with Gasteiger partial charge >= 0.3 is 0 Å². The molecule has 1 atom stereocenters. The molecule has 0 radical (unpaired) electrons. The summed E-state index contributed by atoms with van der Waals surface area (Å²) in [6, 6.07) is 8.30. The Kier molecular flexibility index (Phi) is 2.70. The molecule has 1 aromatic carbocycles. The van der Waals surface area contributed by atoms with E-state index in [2.05, 4.69) is 29.3 Å². The molecule has 1 nitrogen and oxygen atoms in total. The van der Waals surface area contributed by atoms with Crippen molar-refractivity contribution in [3.8, 4) is 0 Å². The van der Waals surface area contributed by atoms with Crippen LogP contribution < -0.4 is 0 Å². The van der Waals surface area contributed by atoms with Crippen LogP contribution in [-0.4, -0.2) is 10.4 Å². The highest BCUT2D eigenvalue weighted by molar-refractivity contribution is 7.18. The molecule has 2 aromatic rings. The summed E-state index contributed by atoms with van der Waals surface area (Å²) in [5, 5.41) is 1.45. The van der Waals surface area contributed by atoms with Crippen molar-refractivity contribution in [3.63, 3.8) is 0 Å². The first-order chi connectivity index (χ1) is 7.81. The molecule has 1 aliphatic rings. The maximum absolute atomic E-state index is 6.06. The van der Waals surface area contributed by atoms with Gasteiger partial charge in [0, 0.05) is 6.42 Å². The van der Waals surface area contributed by atoms with Crippen LogP contribution in [0.4, 0.5) is 0 Å². The maximum atomic E-state index is 6.06. The Labute approximate surface area is 104 Å². The van der Waals surface area contributed by atoms with Crippen LogP contribution in [0, 0.1) is 0 Å². The number of benzene rings is 1. The van der Waals surface area contributed by atoms with Crippen molar-refractivity contribution in [1.29, 1.82) is 0 Å². The summed E-state index contributed by atoms with van der Waals surface area (Å²) >= 11 is 7.85. The van der Waals surface area contributed by atoms with E-state index in [1.807, 2.05) is 6.07 Å². The van der Waals surface area contributed by atoms with Gasteiger partial charge in [0.15, 0.2) is 0 Å². The second kappa shape index (κ2) is 4.19. The van der Waals surface area contributed by atoms with Crippen LogP contribution in [0.15, 0.2) is 35.9 Å². The topological polar surface area (TPSA) is 12.9 Å². The van der Waals surface area contributed by atoms with Gasteiger partial charge in [-0.1, -0.05) is 23.8 Å². The second-order valence-electron chi connectivity index (χ2n) is 4.13. The van der Waals surface area contributed by atoms with Gasteiger partial charge in [-0.25, -0.2) is 4.98 Å². The van der Waals surface area contributed by atoms with Crippen molar-refractivity contribution < 1.29 is 0 Å². The monoisotopic (exact) mass is 249 g/mol. The Morgan fingerprint density at radius 2 is 2.25 bits per heavy atom. The van der Waals surface area contributed by atoms with E-state index in [9.17, 15) is 0 Å². The van der Waals surface area contributed by atoms with Crippen molar-refractivity contribution in [2.75, 3.05) is 0 Å². The van der Waals surface area contributed by atoms with E-state index in [4.69, 9.17) is 11.6 Å². The van der Waals surface area contributed by atoms with E-state index in [0.29, 0.717) is 0 Å². The maximum Gasteiger partial charge on any atom is 0.0979 e. The van der Waals surface area contributed by atoms with Gasteiger partial charge in [-0.05, 0) is 25.0 Å². The number of para-hydroxylation sites is 1. The van der Waals surface area contributed by atoms with Crippen molar-refractivity contribution in [2.24, 2.45) is 0 Å². The molecule has 0 saturated heterocycles. The number of halogens is 1. The minimum Gasteiger partial charge on any atom is -0.241 e. The van der Waals surface area contributed by atoms with Gasteiger partial charge in [0.1, 0.15) is 0 Å². The van der Waals surface area contributed by atoms with Crippen LogP contribution in [0.1, 0.15) is 17.8 Å². The highest BCUT2D eigenvalue weighted by atomic mass is 35.5. The van der Waals surface area contributed by atoms with E-state index in [1.54, 1.807) is 11.3 Å². The molecule has 0 spiro atoms. The number of hydrogen-bond donors (Lipinski definition) is 0. The van der Waals surface area contributed by atoms with Crippen LogP contribution >= 0.6 is 22.9 Å². The lowest BCUT2D eigenvalue weighted by Gasteiger charge is -1.95. The molecule has 3 rings (SSSR count). The summed E-state index contributed by atoms with van der Waals surface area (Å²) in [5.74, 6) is 0. The Bertz CT molecular complexity index is 511. The molecule has 1 aliphatic carbocycles. The number of fused-ring (bicyclic) bond motifs is 1. The van der Waals surface area contributed by atoms with E-state index in [1.165, 1.54) is 15.3 Å². The van der Waals surface area contributed by atoms with Crippen molar-refractivity contribution in [1.82, 2.24) is 4.98 Å². The third-order valence-corrected chi connectivity index (χ3v) is 4.25. The molecule has 0 saturated carbocycles. The molecule has 0 N–H and O–H groups in total. The number of rotatable bonds is 2. The Morgan fingerprint density at radius 3 is 3.00 bits per heavy atom. The zero-order valence-corrected chi connectivity index (χ0v) is 10.4. The smallest absolute Gasteiger partial charge is 0.0979 e. The third kappa shape index (κ3) is 2.00. The molecule has 0 fully saturated rings. The highest BCUT2D eigenvalue weighted by Gasteiger charge is 2.14. The summed E-state index contributed by atoms with van der Waals surface area (Å²) < 4.78 is 1.28. The first-order valence-corrected chi connectivity index (χ1v) is 6.74. The molecule has 3 heteroatoms. The molecule has 1 unspecified atom stereocenters. The van der Waals surface area contributed by atoms with Crippen LogP contribution in [0.2, 0.25) is 0 Å². The van der Waals surface area contributed by atoms with Crippen molar-refractivity contribution >= 4 is 33.2 Å². The molecule has 0 aliphatic heterocycles. The van der Waals surface area contributed by atoms with E-state index in [-0.39, 0.29) is 5.38 Å². The average Bonchev–Trinajstić information content (AvgIpc) is 2.84. The molecular weight excluding hydrogens is 238 g/mol. The SMILES string of the molecule is ClC1C=C(Cc2nc3ccccc3s2)CC1. The largest absolute Gasteiger partial charge is 0.241 e. The highest BCUT2D eigenvalue weighted by Crippen LogP contribution is 2.29. The number of hydrogen-bond acceptors (Lipinski definition) is 2. The zero-order chi connectivity index (χ0) is 11.0. The quantitative estimate of drug-likeness (QED) is 0.575. The third-order valence-electron chi connectivity index (χ3n) is 2.87. The van der Waals surface area contributed by atoms with Crippen LogP contribution in [0.25, 0.3) is 10.2 Å². The van der Waals surface area contributed by atoms with Crippen LogP contribution in [0.3, 0.4) is 0 Å². The lowest BCUT2D eigenvalue weighted by atomic mass is 10.2. The number of alkyl halides is 1. The summed E-state index contributed by atoms with van der Waals surface area (Å²) in [7, 11) is 0. The summed E-state index contributed by atoms with van der Waals surface area (Å²) in [6.45, 7) is 0. The standard InChI is InChI=1S/C13H12ClNS/c14-10-6-5-9(7-10)8-13-15-11-3-1-2-4-12(11)16-13/h1-4,7,10H,5-6,8H2. The van der Waals surface area contributed by atoms with Crippen LogP contribution in [0.5, 0.6) is 0 Å². The predicted molar refractivity (Wildman–Crippen MR) is 70.3 cm³/mol. The van der Waals surface area contributed by atoms with E-state index < -0.39 is 0 Å². The number of aromatic nitrogens is 1. The fourth-order valence-electron chi connectivity index (χ4n) is 2.08.